The highest BCUT2D eigenvalue weighted by Crippen LogP contribution is 2.31. The molecule has 3 rings (SSSR count). The number of furan rings is 1. The molecule has 25 heavy (non-hydrogen) atoms. The van der Waals surface area contributed by atoms with Gasteiger partial charge >= 0.3 is 0 Å². The zero-order chi connectivity index (χ0) is 17.8. The minimum absolute atomic E-state index is 0.0760. The smallest absolute Gasteiger partial charge is 0.295 e. The highest BCUT2D eigenvalue weighted by Gasteiger charge is 2.19. The van der Waals surface area contributed by atoms with Crippen molar-refractivity contribution < 1.29 is 18.5 Å². The van der Waals surface area contributed by atoms with Crippen molar-refractivity contribution in [1.29, 1.82) is 0 Å². The van der Waals surface area contributed by atoms with Gasteiger partial charge in [0.05, 0.1) is 24.4 Å². The van der Waals surface area contributed by atoms with Crippen molar-refractivity contribution in [2.45, 2.75) is 6.42 Å². The summed E-state index contributed by atoms with van der Waals surface area (Å²) in [6.45, 7) is 0.322. The number of H-pyrrole nitrogens is 1. The van der Waals surface area contributed by atoms with Crippen LogP contribution < -0.4 is 10.1 Å². The maximum atomic E-state index is 13.6. The number of benzene rings is 1. The summed E-state index contributed by atoms with van der Waals surface area (Å²) in [5, 5.41) is 20.8. The molecule has 10 heteroatoms. The third kappa shape index (κ3) is 3.57. The van der Waals surface area contributed by atoms with Crippen LogP contribution in [-0.4, -0.2) is 33.8 Å². The maximum absolute atomic E-state index is 13.6. The summed E-state index contributed by atoms with van der Waals surface area (Å²) < 4.78 is 23.7. The molecule has 0 aliphatic rings. The lowest BCUT2D eigenvalue weighted by atomic mass is 10.2. The van der Waals surface area contributed by atoms with Gasteiger partial charge in [0.2, 0.25) is 5.82 Å². The molecular formula is C15H14FN5O4. The zero-order valence-corrected chi connectivity index (χ0v) is 13.2. The highest BCUT2D eigenvalue weighted by atomic mass is 19.1. The van der Waals surface area contributed by atoms with Crippen molar-refractivity contribution in [2.75, 3.05) is 19.0 Å². The molecule has 130 valence electrons. The van der Waals surface area contributed by atoms with E-state index in [0.717, 1.165) is 6.07 Å². The number of nitro groups is 1. The van der Waals surface area contributed by atoms with E-state index >= 15 is 0 Å². The van der Waals surface area contributed by atoms with Crippen molar-refractivity contribution in [1.82, 2.24) is 15.2 Å². The minimum Gasteiger partial charge on any atom is -0.494 e. The molecule has 9 nitrogen and oxygen atoms in total. The Morgan fingerprint density at radius 1 is 1.48 bits per heavy atom. The molecule has 0 atom stereocenters. The van der Waals surface area contributed by atoms with E-state index in [9.17, 15) is 14.5 Å². The Balaban J connectivity index is 1.68. The standard InChI is InChI=1S/C15H14FN5O4/c1-24-13-8-10(11(21(22)23)7-9(13)16)17-5-4-14-18-15(20-19-14)12-3-2-6-25-12/h2-3,6-8,17H,4-5H2,1H3,(H,18,19,20). The predicted molar refractivity (Wildman–Crippen MR) is 85.9 cm³/mol. The first-order valence-corrected chi connectivity index (χ1v) is 7.29. The fraction of sp³-hybridized carbons (Fsp3) is 0.200. The van der Waals surface area contributed by atoms with E-state index in [4.69, 9.17) is 9.15 Å². The Labute approximate surface area is 141 Å². The second kappa shape index (κ2) is 6.99. The van der Waals surface area contributed by atoms with Crippen LogP contribution in [0.4, 0.5) is 15.8 Å². The Kier molecular flexibility index (Phi) is 4.59. The Morgan fingerprint density at radius 2 is 2.32 bits per heavy atom. The Bertz CT molecular complexity index is 878. The molecule has 0 spiro atoms. The van der Waals surface area contributed by atoms with Gasteiger partial charge in [0.15, 0.2) is 17.3 Å². The molecule has 0 fully saturated rings. The molecular weight excluding hydrogens is 333 g/mol. The van der Waals surface area contributed by atoms with Gasteiger partial charge in [-0.3, -0.25) is 15.2 Å². The number of methoxy groups -OCH3 is 1. The van der Waals surface area contributed by atoms with E-state index < -0.39 is 10.7 Å². The largest absolute Gasteiger partial charge is 0.494 e. The molecule has 1 aromatic carbocycles. The van der Waals surface area contributed by atoms with Crippen LogP contribution in [0.1, 0.15) is 5.82 Å². The van der Waals surface area contributed by atoms with Crippen LogP contribution in [0.2, 0.25) is 0 Å². The third-order valence-electron chi connectivity index (χ3n) is 3.42. The second-order valence-electron chi connectivity index (χ2n) is 5.02. The first kappa shape index (κ1) is 16.4. The SMILES string of the molecule is COc1cc(NCCc2nc(-c3ccco3)n[nH]2)c([N+](=O)[O-])cc1F. The van der Waals surface area contributed by atoms with Crippen LogP contribution in [0.3, 0.4) is 0 Å². The molecule has 0 bridgehead atoms. The molecule has 0 aliphatic heterocycles. The molecule has 2 N–H and O–H groups in total. The number of nitrogens with one attached hydrogen (secondary N) is 2. The van der Waals surface area contributed by atoms with Crippen molar-refractivity contribution in [3.05, 3.63) is 52.3 Å². The van der Waals surface area contributed by atoms with Crippen LogP contribution in [0.25, 0.3) is 11.6 Å². The molecule has 0 radical (unpaired) electrons. The number of hydrogen-bond donors (Lipinski definition) is 2. The van der Waals surface area contributed by atoms with Crippen LogP contribution >= 0.6 is 0 Å². The monoisotopic (exact) mass is 347 g/mol. The summed E-state index contributed by atoms with van der Waals surface area (Å²) in [4.78, 5) is 14.7. The van der Waals surface area contributed by atoms with Gasteiger partial charge in [-0.15, -0.1) is 0 Å². The second-order valence-corrected chi connectivity index (χ2v) is 5.02. The topological polar surface area (TPSA) is 119 Å². The van der Waals surface area contributed by atoms with Crippen molar-refractivity contribution in [3.8, 4) is 17.3 Å². The summed E-state index contributed by atoms with van der Waals surface area (Å²) in [6, 6.07) is 5.54. The zero-order valence-electron chi connectivity index (χ0n) is 13.2. The van der Waals surface area contributed by atoms with Crippen molar-refractivity contribution in [3.63, 3.8) is 0 Å². The van der Waals surface area contributed by atoms with E-state index in [2.05, 4.69) is 20.5 Å². The Morgan fingerprint density at radius 3 is 3.00 bits per heavy atom. The molecule has 0 aliphatic carbocycles. The van der Waals surface area contributed by atoms with E-state index in [-0.39, 0.29) is 17.1 Å². The van der Waals surface area contributed by atoms with Crippen molar-refractivity contribution >= 4 is 11.4 Å². The normalized spacial score (nSPS) is 10.6. The van der Waals surface area contributed by atoms with Crippen LogP contribution in [0.5, 0.6) is 5.75 Å². The predicted octanol–water partition coefficient (Wildman–Crippen LogP) is 2.78. The fourth-order valence-corrected chi connectivity index (χ4v) is 2.23. The summed E-state index contributed by atoms with van der Waals surface area (Å²) in [5.74, 6) is 0.672. The number of ether oxygens (including phenoxy) is 1. The summed E-state index contributed by atoms with van der Waals surface area (Å²) in [5.41, 5.74) is -0.207. The van der Waals surface area contributed by atoms with Gasteiger partial charge in [-0.25, -0.2) is 9.37 Å². The molecule has 0 amide bonds. The van der Waals surface area contributed by atoms with Crippen LogP contribution in [0.15, 0.2) is 34.9 Å². The quantitative estimate of drug-likeness (QED) is 0.498. The average molecular weight is 347 g/mol. The average Bonchev–Trinajstić information content (AvgIpc) is 3.26. The molecule has 2 aromatic heterocycles. The summed E-state index contributed by atoms with van der Waals surface area (Å²) >= 11 is 0. The lowest BCUT2D eigenvalue weighted by Gasteiger charge is -2.09. The molecule has 0 saturated carbocycles. The van der Waals surface area contributed by atoms with Gasteiger partial charge < -0.3 is 14.5 Å². The van der Waals surface area contributed by atoms with Gasteiger partial charge in [-0.2, -0.15) is 5.10 Å². The number of halogens is 1. The number of rotatable bonds is 7. The first-order chi connectivity index (χ1) is 12.1. The maximum Gasteiger partial charge on any atom is 0.295 e. The van der Waals surface area contributed by atoms with Gasteiger partial charge in [0, 0.05) is 19.0 Å². The first-order valence-electron chi connectivity index (χ1n) is 7.29. The summed E-state index contributed by atoms with van der Waals surface area (Å²) in [6.07, 6.45) is 1.94. The highest BCUT2D eigenvalue weighted by molar-refractivity contribution is 5.64. The fourth-order valence-electron chi connectivity index (χ4n) is 2.23. The molecule has 3 aromatic rings. The number of aromatic amines is 1. The lowest BCUT2D eigenvalue weighted by Crippen LogP contribution is -2.08. The number of anilines is 1. The van der Waals surface area contributed by atoms with Gasteiger partial charge in [0.25, 0.3) is 5.69 Å². The lowest BCUT2D eigenvalue weighted by molar-refractivity contribution is -0.384. The van der Waals surface area contributed by atoms with Gasteiger partial charge in [0.1, 0.15) is 11.5 Å². The number of aromatic nitrogens is 3. The van der Waals surface area contributed by atoms with Crippen LogP contribution in [-0.2, 0) is 6.42 Å². The Hall–Kier alpha value is -3.43. The van der Waals surface area contributed by atoms with E-state index in [1.54, 1.807) is 12.1 Å². The minimum atomic E-state index is -0.793. The van der Waals surface area contributed by atoms with E-state index in [1.807, 2.05) is 0 Å². The van der Waals surface area contributed by atoms with E-state index in [0.29, 0.717) is 30.4 Å². The van der Waals surface area contributed by atoms with Crippen LogP contribution in [0, 0.1) is 15.9 Å². The van der Waals surface area contributed by atoms with Gasteiger partial charge in [-0.1, -0.05) is 0 Å². The third-order valence-corrected chi connectivity index (χ3v) is 3.42. The molecule has 0 saturated heterocycles. The van der Waals surface area contributed by atoms with Crippen molar-refractivity contribution in [2.24, 2.45) is 0 Å². The molecule has 2 heterocycles. The summed E-state index contributed by atoms with van der Waals surface area (Å²) in [7, 11) is 1.29. The van der Waals surface area contributed by atoms with Gasteiger partial charge in [-0.05, 0) is 12.1 Å². The van der Waals surface area contributed by atoms with E-state index in [1.165, 1.54) is 19.4 Å². The molecule has 0 unspecified atom stereocenters. The number of hydrogen-bond acceptors (Lipinski definition) is 7. The number of nitrogens with zero attached hydrogens (tertiary/aromatic N) is 3. The number of nitro benzene ring substituents is 1.